The minimum absolute atomic E-state index is 0.164. The Labute approximate surface area is 239 Å². The summed E-state index contributed by atoms with van der Waals surface area (Å²) in [5.74, 6) is -1.34. The molecule has 10 heteroatoms. The molecule has 2 atom stereocenters. The van der Waals surface area contributed by atoms with Gasteiger partial charge in [-0.2, -0.15) is 0 Å². The smallest absolute Gasteiger partial charge is 0.320 e. The minimum atomic E-state index is -3.94. The lowest BCUT2D eigenvalue weighted by atomic mass is 10.0. The van der Waals surface area contributed by atoms with Crippen molar-refractivity contribution in [2.75, 3.05) is 35.4 Å². The molecule has 0 aromatic heterocycles. The number of carboxylic acid groups (broad SMARTS) is 1. The molecule has 0 aliphatic carbocycles. The van der Waals surface area contributed by atoms with Crippen LogP contribution < -0.4 is 9.21 Å². The molecule has 1 fully saturated rings. The number of aliphatic carboxylic acids is 1. The van der Waals surface area contributed by atoms with Crippen LogP contribution in [-0.2, 0) is 14.8 Å². The van der Waals surface area contributed by atoms with E-state index in [2.05, 4.69) is 4.90 Å². The van der Waals surface area contributed by atoms with Crippen LogP contribution in [0.2, 0.25) is 5.02 Å². The maximum atomic E-state index is 14.6. The van der Waals surface area contributed by atoms with Crippen LogP contribution in [0.1, 0.15) is 30.5 Å². The Morgan fingerprint density at radius 2 is 1.82 bits per heavy atom. The number of carboxylic acids is 1. The molecule has 1 saturated heterocycles. The maximum Gasteiger partial charge on any atom is 0.320 e. The number of hydrogen-bond donors (Lipinski definition) is 1. The number of anilines is 2. The SMILES string of the molecule is C/C(=C\c1ccc2c(c1)N(S(=O)(=O)c1cccc(C)c1)C[C@@H]1CN([C@H](C)C(=O)O)CCN21)c1c(F)cccc1Cl. The van der Waals surface area contributed by atoms with Crippen molar-refractivity contribution in [3.05, 3.63) is 88.2 Å². The van der Waals surface area contributed by atoms with E-state index >= 15 is 0 Å². The number of fused-ring (bicyclic) bond motifs is 3. The summed E-state index contributed by atoms with van der Waals surface area (Å²) in [5, 5.41) is 9.86. The van der Waals surface area contributed by atoms with Crippen LogP contribution >= 0.6 is 11.6 Å². The van der Waals surface area contributed by atoms with Crippen LogP contribution in [0.15, 0.2) is 65.6 Å². The van der Waals surface area contributed by atoms with Crippen molar-refractivity contribution in [1.29, 1.82) is 0 Å². The van der Waals surface area contributed by atoms with Crippen LogP contribution in [0.5, 0.6) is 0 Å². The summed E-state index contributed by atoms with van der Waals surface area (Å²) in [6.45, 7) is 6.95. The van der Waals surface area contributed by atoms with E-state index < -0.39 is 27.9 Å². The topological polar surface area (TPSA) is 81.2 Å². The van der Waals surface area contributed by atoms with Gasteiger partial charge in [0, 0.05) is 25.2 Å². The predicted octanol–water partition coefficient (Wildman–Crippen LogP) is 5.52. The number of piperazine rings is 1. The van der Waals surface area contributed by atoms with E-state index in [1.165, 1.54) is 10.4 Å². The van der Waals surface area contributed by atoms with Crippen molar-refractivity contribution in [2.45, 2.75) is 37.8 Å². The number of halogens is 2. The Hall–Kier alpha value is -3.40. The molecule has 1 N–H and O–H groups in total. The van der Waals surface area contributed by atoms with Gasteiger partial charge in [0.25, 0.3) is 10.0 Å². The molecular weight excluding hydrogens is 553 g/mol. The number of nitrogens with zero attached hydrogens (tertiary/aromatic N) is 3. The molecule has 5 rings (SSSR count). The summed E-state index contributed by atoms with van der Waals surface area (Å²) >= 11 is 6.28. The van der Waals surface area contributed by atoms with Gasteiger partial charge in [-0.15, -0.1) is 0 Å². The van der Waals surface area contributed by atoms with Gasteiger partial charge in [0.1, 0.15) is 11.9 Å². The molecule has 2 heterocycles. The zero-order valence-corrected chi connectivity index (χ0v) is 24.1. The van der Waals surface area contributed by atoms with Gasteiger partial charge in [-0.1, -0.05) is 41.9 Å². The van der Waals surface area contributed by atoms with E-state index in [4.69, 9.17) is 11.6 Å². The fourth-order valence-electron chi connectivity index (χ4n) is 5.55. The van der Waals surface area contributed by atoms with Gasteiger partial charge >= 0.3 is 5.97 Å². The highest BCUT2D eigenvalue weighted by molar-refractivity contribution is 7.92. The van der Waals surface area contributed by atoms with E-state index in [-0.39, 0.29) is 17.5 Å². The number of rotatable bonds is 6. The second-order valence-electron chi connectivity index (χ2n) is 10.4. The van der Waals surface area contributed by atoms with Crippen LogP contribution in [0.3, 0.4) is 0 Å². The summed E-state index contributed by atoms with van der Waals surface area (Å²) in [5.41, 5.74) is 3.73. The molecule has 0 radical (unpaired) electrons. The summed E-state index contributed by atoms with van der Waals surface area (Å²) in [4.78, 5) is 15.9. The lowest BCUT2D eigenvalue weighted by Gasteiger charge is -2.49. The number of allylic oxidation sites excluding steroid dienone is 1. The van der Waals surface area contributed by atoms with Gasteiger partial charge in [0.2, 0.25) is 0 Å². The number of aryl methyl sites for hydroxylation is 1. The average molecular weight is 584 g/mol. The van der Waals surface area contributed by atoms with Gasteiger partial charge in [0.05, 0.1) is 33.9 Å². The Kier molecular flexibility index (Phi) is 7.65. The minimum Gasteiger partial charge on any atom is -0.480 e. The molecular formula is C30H31ClFN3O4S. The van der Waals surface area contributed by atoms with Crippen LogP contribution in [0.4, 0.5) is 15.8 Å². The molecule has 3 aromatic carbocycles. The van der Waals surface area contributed by atoms with Crippen molar-refractivity contribution in [2.24, 2.45) is 0 Å². The standard InChI is InChI=1S/C30H31ClFN3O4S/c1-19-6-4-7-24(14-19)40(38,39)35-18-23-17-33(21(3)30(36)37)12-13-34(23)27-11-10-22(16-28(27)35)15-20(2)29-25(31)8-5-9-26(29)32/h4-11,14-16,21,23H,12-13,17-18H2,1-3H3,(H,36,37)/b20-15+/t21-,23+/m1/s1. The first-order valence-electron chi connectivity index (χ1n) is 13.1. The van der Waals surface area contributed by atoms with E-state index in [9.17, 15) is 22.7 Å². The summed E-state index contributed by atoms with van der Waals surface area (Å²) in [6.07, 6.45) is 1.79. The molecule has 0 unspecified atom stereocenters. The van der Waals surface area contributed by atoms with Crippen molar-refractivity contribution in [1.82, 2.24) is 4.90 Å². The Bertz CT molecular complexity index is 1590. The second kappa shape index (κ2) is 10.9. The monoisotopic (exact) mass is 583 g/mol. The van der Waals surface area contributed by atoms with Crippen molar-refractivity contribution >= 4 is 50.6 Å². The fraction of sp³-hybridized carbons (Fsp3) is 0.300. The number of sulfonamides is 1. The van der Waals surface area contributed by atoms with Crippen LogP contribution in [0.25, 0.3) is 11.6 Å². The van der Waals surface area contributed by atoms with Crippen LogP contribution in [-0.4, -0.2) is 62.7 Å². The Morgan fingerprint density at radius 1 is 1.07 bits per heavy atom. The molecule has 7 nitrogen and oxygen atoms in total. The van der Waals surface area contributed by atoms with Crippen molar-refractivity contribution in [3.63, 3.8) is 0 Å². The second-order valence-corrected chi connectivity index (χ2v) is 12.7. The van der Waals surface area contributed by atoms with E-state index in [0.29, 0.717) is 47.0 Å². The molecule has 0 amide bonds. The van der Waals surface area contributed by atoms with Gasteiger partial charge in [-0.25, -0.2) is 12.8 Å². The highest BCUT2D eigenvalue weighted by Crippen LogP contribution is 2.41. The van der Waals surface area contributed by atoms with Gasteiger partial charge in [-0.3, -0.25) is 14.0 Å². The van der Waals surface area contributed by atoms with Gasteiger partial charge in [0.15, 0.2) is 0 Å². The summed E-state index contributed by atoms with van der Waals surface area (Å²) in [7, 11) is -3.94. The molecule has 2 aliphatic heterocycles. The highest BCUT2D eigenvalue weighted by Gasteiger charge is 2.41. The van der Waals surface area contributed by atoms with Gasteiger partial charge < -0.3 is 10.0 Å². The summed E-state index contributed by atoms with van der Waals surface area (Å²) in [6, 6.07) is 16.0. The zero-order chi connectivity index (χ0) is 28.8. The number of benzene rings is 3. The first-order chi connectivity index (χ1) is 19.0. The summed E-state index contributed by atoms with van der Waals surface area (Å²) < 4.78 is 44.1. The molecule has 3 aromatic rings. The molecule has 40 heavy (non-hydrogen) atoms. The van der Waals surface area contributed by atoms with E-state index in [1.807, 2.05) is 36.1 Å². The molecule has 210 valence electrons. The third-order valence-electron chi connectivity index (χ3n) is 7.69. The average Bonchev–Trinajstić information content (AvgIpc) is 2.91. The first-order valence-corrected chi connectivity index (χ1v) is 14.9. The third kappa shape index (κ3) is 5.21. The zero-order valence-electron chi connectivity index (χ0n) is 22.5. The Balaban J connectivity index is 1.60. The highest BCUT2D eigenvalue weighted by atomic mass is 35.5. The maximum absolute atomic E-state index is 14.6. The third-order valence-corrected chi connectivity index (χ3v) is 9.78. The predicted molar refractivity (Wildman–Crippen MR) is 157 cm³/mol. The molecule has 0 bridgehead atoms. The Morgan fingerprint density at radius 3 is 2.52 bits per heavy atom. The van der Waals surface area contributed by atoms with Crippen molar-refractivity contribution in [3.8, 4) is 0 Å². The van der Waals surface area contributed by atoms with E-state index in [0.717, 1.165) is 11.3 Å². The fourth-order valence-corrected chi connectivity index (χ4v) is 7.48. The largest absolute Gasteiger partial charge is 0.480 e. The molecule has 0 spiro atoms. The van der Waals surface area contributed by atoms with E-state index in [1.54, 1.807) is 50.3 Å². The van der Waals surface area contributed by atoms with Crippen LogP contribution in [0, 0.1) is 12.7 Å². The van der Waals surface area contributed by atoms with Crippen molar-refractivity contribution < 1.29 is 22.7 Å². The number of carbonyl (C=O) groups is 1. The van der Waals surface area contributed by atoms with Gasteiger partial charge in [-0.05, 0) is 73.9 Å². The quantitative estimate of drug-likeness (QED) is 0.385. The molecule has 2 aliphatic rings. The lowest BCUT2D eigenvalue weighted by Crippen LogP contribution is -2.62. The number of hydrogen-bond acceptors (Lipinski definition) is 5. The first kappa shape index (κ1) is 28.1. The normalized spacial score (nSPS) is 18.7. The lowest BCUT2D eigenvalue weighted by molar-refractivity contribution is -0.142. The molecule has 0 saturated carbocycles.